The van der Waals surface area contributed by atoms with Gasteiger partial charge in [-0.15, -0.1) is 0 Å². The largest absolute Gasteiger partial charge is 0.394 e. The van der Waals surface area contributed by atoms with Crippen molar-refractivity contribution in [3.8, 4) is 0 Å². The van der Waals surface area contributed by atoms with Crippen LogP contribution in [-0.4, -0.2) is 65.0 Å². The van der Waals surface area contributed by atoms with Gasteiger partial charge in [0.25, 0.3) is 0 Å². The van der Waals surface area contributed by atoms with E-state index in [9.17, 15) is 20.4 Å². The number of nitrogen functional groups attached to an aromatic ring is 1. The minimum Gasteiger partial charge on any atom is -0.394 e. The summed E-state index contributed by atoms with van der Waals surface area (Å²) in [6, 6.07) is 3.02. The van der Waals surface area contributed by atoms with Crippen LogP contribution in [0, 0.1) is 0 Å². The number of hydrogen-bond acceptors (Lipinski definition) is 8. The number of anilines is 1. The topological polar surface area (TPSA) is 157 Å². The van der Waals surface area contributed by atoms with Crippen LogP contribution in [-0.2, 0) is 0 Å². The van der Waals surface area contributed by atoms with E-state index in [0.29, 0.717) is 5.52 Å². The highest BCUT2D eigenvalue weighted by Crippen LogP contribution is 2.23. The van der Waals surface area contributed by atoms with Gasteiger partial charge in [0, 0.05) is 0 Å². The average Bonchev–Trinajstić information content (AvgIpc) is 2.89. The summed E-state index contributed by atoms with van der Waals surface area (Å²) in [5.74, 6) is 0.198. The Kier molecular flexibility index (Phi) is 4.16. The number of fused-ring (bicyclic) bond motifs is 1. The number of hydrogen-bond donors (Lipinski definition) is 6. The number of aliphatic hydroxyl groups is 5. The van der Waals surface area contributed by atoms with Crippen LogP contribution in [0.1, 0.15) is 11.8 Å². The van der Waals surface area contributed by atoms with Crippen molar-refractivity contribution in [3.05, 3.63) is 24.2 Å². The molecule has 0 unspecified atom stereocenters. The van der Waals surface area contributed by atoms with Crippen LogP contribution in [0.15, 0.2) is 18.5 Å². The molecule has 0 saturated carbocycles. The fourth-order valence-corrected chi connectivity index (χ4v) is 1.89. The lowest BCUT2D eigenvalue weighted by molar-refractivity contribution is -0.117. The first-order valence-corrected chi connectivity index (χ1v) is 5.88. The maximum atomic E-state index is 10.1. The monoisotopic (exact) mass is 284 g/mol. The van der Waals surface area contributed by atoms with Gasteiger partial charge in [0.15, 0.2) is 5.82 Å². The third kappa shape index (κ3) is 2.44. The van der Waals surface area contributed by atoms with Crippen LogP contribution in [0.2, 0.25) is 0 Å². The minimum absolute atomic E-state index is 0.172. The first kappa shape index (κ1) is 14.6. The molecule has 110 valence electrons. The van der Waals surface area contributed by atoms with Crippen LogP contribution >= 0.6 is 0 Å². The number of nitrogens with two attached hydrogens (primary N) is 1. The molecule has 0 bridgehead atoms. The van der Waals surface area contributed by atoms with Crippen molar-refractivity contribution in [2.75, 3.05) is 12.3 Å². The molecule has 4 atom stereocenters. The van der Waals surface area contributed by atoms with Crippen molar-refractivity contribution in [2.24, 2.45) is 0 Å². The first-order valence-electron chi connectivity index (χ1n) is 5.88. The molecule has 2 aromatic heterocycles. The Morgan fingerprint density at radius 2 is 1.85 bits per heavy atom. The van der Waals surface area contributed by atoms with Gasteiger partial charge in [-0.3, -0.25) is 0 Å². The van der Waals surface area contributed by atoms with Gasteiger partial charge >= 0.3 is 0 Å². The second kappa shape index (κ2) is 5.69. The predicted octanol–water partition coefficient (Wildman–Crippen LogP) is -2.58. The van der Waals surface area contributed by atoms with Gasteiger partial charge in [-0.2, -0.15) is 5.10 Å². The van der Waals surface area contributed by atoms with Crippen LogP contribution in [0.5, 0.6) is 0 Å². The number of aliphatic hydroxyl groups excluding tert-OH is 5. The van der Waals surface area contributed by atoms with E-state index in [1.165, 1.54) is 16.9 Å². The van der Waals surface area contributed by atoms with E-state index in [4.69, 9.17) is 10.8 Å². The Balaban J connectivity index is 2.32. The number of rotatable bonds is 5. The van der Waals surface area contributed by atoms with E-state index >= 15 is 0 Å². The lowest BCUT2D eigenvalue weighted by Crippen LogP contribution is -2.43. The van der Waals surface area contributed by atoms with Crippen molar-refractivity contribution in [3.63, 3.8) is 0 Å². The summed E-state index contributed by atoms with van der Waals surface area (Å²) in [7, 11) is 0. The quantitative estimate of drug-likeness (QED) is 0.349. The normalized spacial score (nSPS) is 17.9. The second-order valence-electron chi connectivity index (χ2n) is 4.38. The van der Waals surface area contributed by atoms with Crippen molar-refractivity contribution in [1.82, 2.24) is 14.6 Å². The summed E-state index contributed by atoms with van der Waals surface area (Å²) in [6.07, 6.45) is -5.32. The molecule has 0 aliphatic carbocycles. The zero-order chi connectivity index (χ0) is 14.9. The molecule has 0 saturated heterocycles. The smallest absolute Gasteiger partial charge is 0.151 e. The van der Waals surface area contributed by atoms with Gasteiger partial charge in [-0.05, 0) is 12.1 Å². The lowest BCUT2D eigenvalue weighted by atomic mass is 10.0. The van der Waals surface area contributed by atoms with Crippen LogP contribution < -0.4 is 5.73 Å². The molecule has 9 nitrogen and oxygen atoms in total. The SMILES string of the molecule is Nc1ncnn2c([C@H](O)[C@H](O)[C@@H](O)[C@H](O)CO)ccc12. The molecule has 0 fully saturated rings. The summed E-state index contributed by atoms with van der Waals surface area (Å²) in [5.41, 5.74) is 6.24. The summed E-state index contributed by atoms with van der Waals surface area (Å²) in [5, 5.41) is 51.4. The van der Waals surface area contributed by atoms with E-state index in [0.717, 1.165) is 0 Å². The van der Waals surface area contributed by atoms with Crippen molar-refractivity contribution in [2.45, 2.75) is 24.4 Å². The van der Waals surface area contributed by atoms with Gasteiger partial charge in [-0.1, -0.05) is 0 Å². The summed E-state index contributed by atoms with van der Waals surface area (Å²) in [4.78, 5) is 3.78. The maximum Gasteiger partial charge on any atom is 0.151 e. The Morgan fingerprint density at radius 3 is 2.50 bits per heavy atom. The molecule has 0 radical (unpaired) electrons. The van der Waals surface area contributed by atoms with Crippen LogP contribution in [0.4, 0.5) is 5.82 Å². The third-order valence-electron chi connectivity index (χ3n) is 3.07. The summed E-state index contributed by atoms with van der Waals surface area (Å²) >= 11 is 0. The molecule has 2 heterocycles. The van der Waals surface area contributed by atoms with Gasteiger partial charge in [0.05, 0.1) is 12.3 Å². The van der Waals surface area contributed by atoms with Crippen LogP contribution in [0.3, 0.4) is 0 Å². The molecule has 7 N–H and O–H groups in total. The minimum atomic E-state index is -1.71. The predicted molar refractivity (Wildman–Crippen MR) is 67.5 cm³/mol. The van der Waals surface area contributed by atoms with E-state index in [1.54, 1.807) is 6.07 Å². The molecule has 0 amide bonds. The highest BCUT2D eigenvalue weighted by molar-refractivity contribution is 5.65. The highest BCUT2D eigenvalue weighted by atomic mass is 16.4. The van der Waals surface area contributed by atoms with Crippen molar-refractivity contribution in [1.29, 1.82) is 0 Å². The fraction of sp³-hybridized carbons (Fsp3) is 0.455. The molecule has 0 aromatic carbocycles. The number of nitrogens with zero attached hydrogens (tertiary/aromatic N) is 3. The van der Waals surface area contributed by atoms with Gasteiger partial charge in [-0.25, -0.2) is 9.50 Å². The zero-order valence-electron chi connectivity index (χ0n) is 10.4. The molecule has 2 rings (SSSR count). The third-order valence-corrected chi connectivity index (χ3v) is 3.07. The summed E-state index contributed by atoms with van der Waals surface area (Å²) in [6.45, 7) is -0.741. The van der Waals surface area contributed by atoms with Crippen molar-refractivity contribution < 1.29 is 25.5 Å². The molecule has 0 aliphatic rings. The first-order chi connectivity index (χ1) is 9.47. The second-order valence-corrected chi connectivity index (χ2v) is 4.38. The Bertz CT molecular complexity index is 589. The average molecular weight is 284 g/mol. The molecule has 20 heavy (non-hydrogen) atoms. The zero-order valence-corrected chi connectivity index (χ0v) is 10.4. The Morgan fingerprint density at radius 1 is 1.15 bits per heavy atom. The van der Waals surface area contributed by atoms with Crippen LogP contribution in [0.25, 0.3) is 5.52 Å². The molecule has 0 spiro atoms. The summed E-state index contributed by atoms with van der Waals surface area (Å²) < 4.78 is 1.27. The van der Waals surface area contributed by atoms with Crippen molar-refractivity contribution >= 4 is 11.3 Å². The Labute approximate surface area is 113 Å². The molecule has 9 heteroatoms. The molecular formula is C11H16N4O5. The highest BCUT2D eigenvalue weighted by Gasteiger charge is 2.32. The van der Waals surface area contributed by atoms with E-state index < -0.39 is 31.0 Å². The molecule has 0 aliphatic heterocycles. The Hall–Kier alpha value is -1.78. The van der Waals surface area contributed by atoms with E-state index in [-0.39, 0.29) is 11.5 Å². The van der Waals surface area contributed by atoms with E-state index in [1.807, 2.05) is 0 Å². The van der Waals surface area contributed by atoms with Gasteiger partial charge in [0.1, 0.15) is 36.3 Å². The van der Waals surface area contributed by atoms with Gasteiger partial charge in [0.2, 0.25) is 0 Å². The van der Waals surface area contributed by atoms with Gasteiger partial charge < -0.3 is 31.3 Å². The maximum absolute atomic E-state index is 10.1. The van der Waals surface area contributed by atoms with E-state index in [2.05, 4.69) is 10.1 Å². The standard InChI is InChI=1S/C11H16N4O5/c12-11-6-2-1-5(15(6)14-4-13-11)8(18)10(20)9(19)7(17)3-16/h1-2,4,7-10,16-20H,3H2,(H2,12,13,14)/t7-,8+,9+,10+/m1/s1. The fourth-order valence-electron chi connectivity index (χ4n) is 1.89. The molecular weight excluding hydrogens is 268 g/mol. The molecule has 2 aromatic rings. The number of aromatic nitrogens is 3. The lowest BCUT2D eigenvalue weighted by Gasteiger charge is -2.25.